The highest BCUT2D eigenvalue weighted by atomic mass is 16.5. The summed E-state index contributed by atoms with van der Waals surface area (Å²) in [4.78, 5) is 23.9. The minimum absolute atomic E-state index is 0.0313. The van der Waals surface area contributed by atoms with Crippen LogP contribution in [0.15, 0.2) is 74.3 Å². The van der Waals surface area contributed by atoms with E-state index in [1.165, 1.54) is 12.1 Å². The van der Waals surface area contributed by atoms with Crippen LogP contribution in [0.1, 0.15) is 17.1 Å². The zero-order valence-corrected chi connectivity index (χ0v) is 14.6. The third-order valence-electron chi connectivity index (χ3n) is 4.23. The average molecular weight is 360 g/mol. The molecule has 134 valence electrons. The first kappa shape index (κ1) is 16.8. The van der Waals surface area contributed by atoms with Crippen LogP contribution in [-0.2, 0) is 16.1 Å². The zero-order valence-electron chi connectivity index (χ0n) is 14.6. The van der Waals surface area contributed by atoms with Gasteiger partial charge >= 0.3 is 11.6 Å². The van der Waals surface area contributed by atoms with Crippen LogP contribution < -0.4 is 5.63 Å². The van der Waals surface area contributed by atoms with Gasteiger partial charge in [0.15, 0.2) is 0 Å². The van der Waals surface area contributed by atoms with Gasteiger partial charge in [0.1, 0.15) is 23.7 Å². The molecule has 2 aromatic carbocycles. The molecule has 4 rings (SSSR count). The number of fused-ring (bicyclic) bond motifs is 3. The van der Waals surface area contributed by atoms with Crippen molar-refractivity contribution in [3.05, 3.63) is 88.2 Å². The van der Waals surface area contributed by atoms with Crippen molar-refractivity contribution in [3.63, 3.8) is 0 Å². The molecule has 4 aromatic rings. The molecule has 0 spiro atoms. The molecule has 5 heteroatoms. The fraction of sp³-hybridized carbons (Fsp3) is 0.0909. The van der Waals surface area contributed by atoms with Crippen LogP contribution >= 0.6 is 0 Å². The summed E-state index contributed by atoms with van der Waals surface area (Å²) < 4.78 is 16.0. The van der Waals surface area contributed by atoms with E-state index < -0.39 is 11.6 Å². The van der Waals surface area contributed by atoms with E-state index >= 15 is 0 Å². The molecule has 0 saturated carbocycles. The summed E-state index contributed by atoms with van der Waals surface area (Å²) in [6.45, 7) is 1.79. The molecule has 5 nitrogen and oxygen atoms in total. The topological polar surface area (TPSA) is 69.7 Å². The third kappa shape index (κ3) is 3.53. The van der Waals surface area contributed by atoms with Gasteiger partial charge in [-0.15, -0.1) is 0 Å². The molecular formula is C22H16O5. The Morgan fingerprint density at radius 1 is 1.07 bits per heavy atom. The Morgan fingerprint density at radius 3 is 2.74 bits per heavy atom. The van der Waals surface area contributed by atoms with Crippen molar-refractivity contribution in [1.82, 2.24) is 0 Å². The van der Waals surface area contributed by atoms with E-state index in [9.17, 15) is 9.59 Å². The minimum Gasteiger partial charge on any atom is -0.462 e. The summed E-state index contributed by atoms with van der Waals surface area (Å²) in [5.41, 5.74) is 0.591. The first-order valence-electron chi connectivity index (χ1n) is 8.46. The van der Waals surface area contributed by atoms with Crippen LogP contribution in [0.3, 0.4) is 0 Å². The standard InChI is InChI=1S/C22H16O5/c1-14-6-8-17(26-14)9-11-20(23)25-13-16-12-21(24)27-19-10-7-15-4-2-3-5-18(15)22(16)19/h2-12H,13H2,1H3. The molecule has 0 saturated heterocycles. The van der Waals surface area contributed by atoms with E-state index in [2.05, 4.69) is 0 Å². The summed E-state index contributed by atoms with van der Waals surface area (Å²) in [7, 11) is 0. The predicted molar refractivity (Wildman–Crippen MR) is 102 cm³/mol. The molecule has 2 heterocycles. The van der Waals surface area contributed by atoms with Gasteiger partial charge in [-0.1, -0.05) is 30.3 Å². The summed E-state index contributed by atoms with van der Waals surface area (Å²) in [6, 6.07) is 16.4. The van der Waals surface area contributed by atoms with Gasteiger partial charge < -0.3 is 13.6 Å². The van der Waals surface area contributed by atoms with Gasteiger partial charge in [-0.3, -0.25) is 0 Å². The molecule has 0 unspecified atom stereocenters. The molecule has 0 amide bonds. The van der Waals surface area contributed by atoms with Crippen LogP contribution in [0.5, 0.6) is 0 Å². The Bertz CT molecular complexity index is 1230. The van der Waals surface area contributed by atoms with E-state index in [1.807, 2.05) is 43.3 Å². The number of hydrogen-bond acceptors (Lipinski definition) is 5. The highest BCUT2D eigenvalue weighted by Crippen LogP contribution is 2.27. The Hall–Kier alpha value is -3.60. The van der Waals surface area contributed by atoms with Crippen LogP contribution in [0.2, 0.25) is 0 Å². The highest BCUT2D eigenvalue weighted by Gasteiger charge is 2.11. The molecular weight excluding hydrogens is 344 g/mol. The zero-order chi connectivity index (χ0) is 18.8. The largest absolute Gasteiger partial charge is 0.462 e. The van der Waals surface area contributed by atoms with E-state index in [1.54, 1.807) is 18.2 Å². The van der Waals surface area contributed by atoms with E-state index in [0.717, 1.165) is 21.9 Å². The molecule has 0 bridgehead atoms. The van der Waals surface area contributed by atoms with Crippen LogP contribution in [0.25, 0.3) is 27.8 Å². The molecule has 0 aliphatic rings. The first-order chi connectivity index (χ1) is 13.1. The van der Waals surface area contributed by atoms with E-state index in [4.69, 9.17) is 13.6 Å². The number of ether oxygens (including phenoxy) is 1. The number of furan rings is 1. The number of esters is 1. The lowest BCUT2D eigenvalue weighted by molar-refractivity contribution is -0.138. The van der Waals surface area contributed by atoms with Crippen LogP contribution in [0.4, 0.5) is 0 Å². The second-order valence-corrected chi connectivity index (χ2v) is 6.14. The number of carbonyl (C=O) groups excluding carboxylic acids is 1. The molecule has 0 radical (unpaired) electrons. The monoisotopic (exact) mass is 360 g/mol. The SMILES string of the molecule is Cc1ccc(C=CC(=O)OCc2cc(=O)oc3ccc4ccccc4c23)o1. The van der Waals surface area contributed by atoms with Crippen molar-refractivity contribution in [1.29, 1.82) is 0 Å². The fourth-order valence-corrected chi connectivity index (χ4v) is 3.02. The lowest BCUT2D eigenvalue weighted by atomic mass is 10.0. The molecule has 27 heavy (non-hydrogen) atoms. The van der Waals surface area contributed by atoms with Crippen LogP contribution in [0, 0.1) is 6.92 Å². The maximum Gasteiger partial charge on any atom is 0.336 e. The second kappa shape index (κ2) is 6.96. The van der Waals surface area contributed by atoms with Crippen molar-refractivity contribution >= 4 is 33.8 Å². The smallest absolute Gasteiger partial charge is 0.336 e. The Kier molecular flexibility index (Phi) is 4.34. The van der Waals surface area contributed by atoms with Gasteiger partial charge in [0.2, 0.25) is 0 Å². The van der Waals surface area contributed by atoms with Crippen LogP contribution in [-0.4, -0.2) is 5.97 Å². The third-order valence-corrected chi connectivity index (χ3v) is 4.23. The molecule has 2 aromatic heterocycles. The number of benzene rings is 2. The van der Waals surface area contributed by atoms with Crippen molar-refractivity contribution in [2.24, 2.45) is 0 Å². The Balaban J connectivity index is 1.63. The highest BCUT2D eigenvalue weighted by molar-refractivity contribution is 6.07. The molecule has 0 aliphatic carbocycles. The number of rotatable bonds is 4. The van der Waals surface area contributed by atoms with Gasteiger partial charge in [-0.05, 0) is 42.0 Å². The lowest BCUT2D eigenvalue weighted by Crippen LogP contribution is -2.06. The van der Waals surface area contributed by atoms with Crippen molar-refractivity contribution in [2.75, 3.05) is 0 Å². The Labute approximate surface area is 154 Å². The molecule has 0 atom stereocenters. The molecule has 0 aliphatic heterocycles. The van der Waals surface area contributed by atoms with Gasteiger partial charge in [0.25, 0.3) is 0 Å². The Morgan fingerprint density at radius 2 is 1.93 bits per heavy atom. The van der Waals surface area contributed by atoms with Gasteiger partial charge in [0, 0.05) is 23.1 Å². The van der Waals surface area contributed by atoms with Crippen molar-refractivity contribution in [3.8, 4) is 0 Å². The molecule has 0 N–H and O–H groups in total. The maximum atomic E-state index is 12.0. The average Bonchev–Trinajstić information content (AvgIpc) is 3.09. The summed E-state index contributed by atoms with van der Waals surface area (Å²) in [5.74, 6) is 0.810. The van der Waals surface area contributed by atoms with Crippen molar-refractivity contribution < 1.29 is 18.4 Å². The van der Waals surface area contributed by atoms with Gasteiger partial charge in [0.05, 0.1) is 0 Å². The quantitative estimate of drug-likeness (QED) is 0.230. The summed E-state index contributed by atoms with van der Waals surface area (Å²) in [6.07, 6.45) is 2.84. The normalized spacial score (nSPS) is 11.4. The molecule has 0 fully saturated rings. The summed E-state index contributed by atoms with van der Waals surface area (Å²) in [5, 5.41) is 2.72. The lowest BCUT2D eigenvalue weighted by Gasteiger charge is -2.08. The predicted octanol–water partition coefficient (Wildman–Crippen LogP) is 4.60. The minimum atomic E-state index is -0.523. The maximum absolute atomic E-state index is 12.0. The van der Waals surface area contributed by atoms with Gasteiger partial charge in [-0.25, -0.2) is 9.59 Å². The van der Waals surface area contributed by atoms with Crippen molar-refractivity contribution in [2.45, 2.75) is 13.5 Å². The van der Waals surface area contributed by atoms with E-state index in [0.29, 0.717) is 16.9 Å². The number of carbonyl (C=O) groups is 1. The van der Waals surface area contributed by atoms with Gasteiger partial charge in [-0.2, -0.15) is 0 Å². The second-order valence-electron chi connectivity index (χ2n) is 6.14. The number of hydrogen-bond donors (Lipinski definition) is 0. The first-order valence-corrected chi connectivity index (χ1v) is 8.46. The number of aryl methyl sites for hydroxylation is 1. The van der Waals surface area contributed by atoms with E-state index in [-0.39, 0.29) is 6.61 Å². The summed E-state index contributed by atoms with van der Waals surface area (Å²) >= 11 is 0. The fourth-order valence-electron chi connectivity index (χ4n) is 3.02.